The van der Waals surface area contributed by atoms with Crippen LogP contribution in [0.1, 0.15) is 20.3 Å². The zero-order valence-electron chi connectivity index (χ0n) is 9.76. The fraction of sp³-hybridized carbons (Fsp3) is 0.636. The summed E-state index contributed by atoms with van der Waals surface area (Å²) < 4.78 is 5.51. The Morgan fingerprint density at radius 1 is 1.50 bits per heavy atom. The van der Waals surface area contributed by atoms with E-state index in [1.165, 1.54) is 0 Å². The first-order valence-corrected chi connectivity index (χ1v) is 5.64. The molecule has 0 aromatic carbocycles. The number of ether oxygens (including phenoxy) is 1. The highest BCUT2D eigenvalue weighted by atomic mass is 16.5. The summed E-state index contributed by atoms with van der Waals surface area (Å²) in [5.41, 5.74) is 5.86. The molecule has 0 aliphatic carbocycles. The molecular formula is C11H18N4O. The summed E-state index contributed by atoms with van der Waals surface area (Å²) in [6.45, 7) is 5.74. The van der Waals surface area contributed by atoms with Gasteiger partial charge >= 0.3 is 0 Å². The third kappa shape index (κ3) is 2.61. The van der Waals surface area contributed by atoms with Crippen LogP contribution in [0.5, 0.6) is 5.88 Å². The van der Waals surface area contributed by atoms with Gasteiger partial charge in [-0.05, 0) is 20.3 Å². The third-order valence-electron chi connectivity index (χ3n) is 2.50. The highest BCUT2D eigenvalue weighted by molar-refractivity contribution is 5.39. The largest absolute Gasteiger partial charge is 0.474 e. The van der Waals surface area contributed by atoms with Crippen molar-refractivity contribution in [1.29, 1.82) is 0 Å². The minimum Gasteiger partial charge on any atom is -0.474 e. The molecule has 1 saturated heterocycles. The van der Waals surface area contributed by atoms with Gasteiger partial charge in [0, 0.05) is 19.1 Å². The summed E-state index contributed by atoms with van der Waals surface area (Å²) in [6.07, 6.45) is 4.52. The number of anilines is 1. The zero-order valence-corrected chi connectivity index (χ0v) is 9.76. The molecule has 1 aliphatic heterocycles. The van der Waals surface area contributed by atoms with Gasteiger partial charge in [-0.1, -0.05) is 0 Å². The smallest absolute Gasteiger partial charge is 0.234 e. The third-order valence-corrected chi connectivity index (χ3v) is 2.50. The fourth-order valence-corrected chi connectivity index (χ4v) is 1.78. The van der Waals surface area contributed by atoms with Crippen LogP contribution in [0.4, 0.5) is 5.82 Å². The Bertz CT molecular complexity index is 356. The van der Waals surface area contributed by atoms with Crippen LogP contribution >= 0.6 is 0 Å². The molecule has 0 bridgehead atoms. The summed E-state index contributed by atoms with van der Waals surface area (Å²) in [5.74, 6) is 1.43. The second kappa shape index (κ2) is 4.65. The molecule has 1 fully saturated rings. The Kier molecular flexibility index (Phi) is 3.24. The zero-order chi connectivity index (χ0) is 11.5. The van der Waals surface area contributed by atoms with Crippen molar-refractivity contribution in [3.8, 4) is 5.88 Å². The first-order valence-electron chi connectivity index (χ1n) is 5.64. The average molecular weight is 222 g/mol. The average Bonchev–Trinajstić information content (AvgIpc) is 2.64. The van der Waals surface area contributed by atoms with Gasteiger partial charge in [-0.25, -0.2) is 0 Å². The van der Waals surface area contributed by atoms with E-state index >= 15 is 0 Å². The van der Waals surface area contributed by atoms with Gasteiger partial charge < -0.3 is 15.4 Å². The second-order valence-corrected chi connectivity index (χ2v) is 4.38. The number of rotatable bonds is 3. The highest BCUT2D eigenvalue weighted by Gasteiger charge is 2.20. The topological polar surface area (TPSA) is 64.3 Å². The Balaban J connectivity index is 2.09. The lowest BCUT2D eigenvalue weighted by Crippen LogP contribution is -2.27. The monoisotopic (exact) mass is 222 g/mol. The molecule has 0 saturated carbocycles. The maximum Gasteiger partial charge on any atom is 0.234 e. The quantitative estimate of drug-likeness (QED) is 0.819. The number of nitrogens with zero attached hydrogens (tertiary/aromatic N) is 3. The molecule has 1 aromatic rings. The molecule has 2 heterocycles. The molecule has 0 spiro atoms. The van der Waals surface area contributed by atoms with Gasteiger partial charge in [0.2, 0.25) is 5.88 Å². The molecule has 2 N–H and O–H groups in total. The van der Waals surface area contributed by atoms with Gasteiger partial charge in [0.15, 0.2) is 5.82 Å². The first-order chi connectivity index (χ1) is 7.65. The van der Waals surface area contributed by atoms with Gasteiger partial charge in [-0.3, -0.25) is 4.98 Å². The van der Waals surface area contributed by atoms with Crippen molar-refractivity contribution in [2.45, 2.75) is 32.4 Å². The molecule has 16 heavy (non-hydrogen) atoms. The Hall–Kier alpha value is -1.36. The van der Waals surface area contributed by atoms with Gasteiger partial charge in [-0.2, -0.15) is 4.98 Å². The van der Waals surface area contributed by atoms with Crippen LogP contribution in [0.3, 0.4) is 0 Å². The second-order valence-electron chi connectivity index (χ2n) is 4.38. The lowest BCUT2D eigenvalue weighted by molar-refractivity contribution is 0.231. The summed E-state index contributed by atoms with van der Waals surface area (Å²) in [6, 6.07) is 0.247. The molecule has 5 nitrogen and oxygen atoms in total. The lowest BCUT2D eigenvalue weighted by Gasteiger charge is -2.17. The molecule has 1 atom stereocenters. The maximum absolute atomic E-state index is 5.86. The molecule has 1 unspecified atom stereocenters. The van der Waals surface area contributed by atoms with Crippen molar-refractivity contribution < 1.29 is 4.74 Å². The Morgan fingerprint density at radius 3 is 2.94 bits per heavy atom. The van der Waals surface area contributed by atoms with E-state index in [2.05, 4.69) is 14.9 Å². The molecule has 2 rings (SSSR count). The lowest BCUT2D eigenvalue weighted by atomic mass is 10.3. The van der Waals surface area contributed by atoms with E-state index < -0.39 is 0 Å². The minimum absolute atomic E-state index is 0.116. The van der Waals surface area contributed by atoms with Gasteiger partial charge in [0.1, 0.15) is 0 Å². The summed E-state index contributed by atoms with van der Waals surface area (Å²) in [7, 11) is 0. The van der Waals surface area contributed by atoms with Crippen molar-refractivity contribution in [3.05, 3.63) is 12.4 Å². The van der Waals surface area contributed by atoms with Crippen LogP contribution in [-0.2, 0) is 0 Å². The first kappa shape index (κ1) is 11.1. The van der Waals surface area contributed by atoms with E-state index in [-0.39, 0.29) is 12.1 Å². The van der Waals surface area contributed by atoms with E-state index in [1.807, 2.05) is 13.8 Å². The standard InChI is InChI=1S/C11H18N4O/c1-8(2)16-11-6-13-5-10(14-11)15-4-3-9(12)7-15/h5-6,8-9H,3-4,7,12H2,1-2H3. The van der Waals surface area contributed by atoms with Crippen LogP contribution in [0.15, 0.2) is 12.4 Å². The van der Waals surface area contributed by atoms with Crippen LogP contribution in [0.2, 0.25) is 0 Å². The molecule has 5 heteroatoms. The minimum atomic E-state index is 0.116. The van der Waals surface area contributed by atoms with Crippen molar-refractivity contribution in [2.75, 3.05) is 18.0 Å². The number of hydrogen-bond donors (Lipinski definition) is 1. The van der Waals surface area contributed by atoms with Crippen molar-refractivity contribution in [2.24, 2.45) is 5.73 Å². The van der Waals surface area contributed by atoms with E-state index in [9.17, 15) is 0 Å². The number of aromatic nitrogens is 2. The van der Waals surface area contributed by atoms with Gasteiger partial charge in [0.05, 0.1) is 18.5 Å². The van der Waals surface area contributed by atoms with Gasteiger partial charge in [-0.15, -0.1) is 0 Å². The van der Waals surface area contributed by atoms with E-state index in [1.54, 1.807) is 12.4 Å². The Labute approximate surface area is 95.6 Å². The molecule has 88 valence electrons. The molecule has 1 aliphatic rings. The van der Waals surface area contributed by atoms with Crippen LogP contribution < -0.4 is 15.4 Å². The fourth-order valence-electron chi connectivity index (χ4n) is 1.78. The van der Waals surface area contributed by atoms with Gasteiger partial charge in [0.25, 0.3) is 0 Å². The molecule has 0 radical (unpaired) electrons. The summed E-state index contributed by atoms with van der Waals surface area (Å²) in [4.78, 5) is 10.7. The predicted molar refractivity (Wildman–Crippen MR) is 62.6 cm³/mol. The van der Waals surface area contributed by atoms with Crippen molar-refractivity contribution in [3.63, 3.8) is 0 Å². The normalized spacial score (nSPS) is 20.5. The van der Waals surface area contributed by atoms with Crippen molar-refractivity contribution >= 4 is 5.82 Å². The van der Waals surface area contributed by atoms with Crippen LogP contribution in [-0.4, -0.2) is 35.2 Å². The van der Waals surface area contributed by atoms with E-state index in [4.69, 9.17) is 10.5 Å². The molecule has 1 aromatic heterocycles. The maximum atomic E-state index is 5.86. The summed E-state index contributed by atoms with van der Waals surface area (Å²) in [5, 5.41) is 0. The number of hydrogen-bond acceptors (Lipinski definition) is 5. The van der Waals surface area contributed by atoms with Crippen molar-refractivity contribution in [1.82, 2.24) is 9.97 Å². The number of nitrogens with two attached hydrogens (primary N) is 1. The predicted octanol–water partition coefficient (Wildman–Crippen LogP) is 0.801. The highest BCUT2D eigenvalue weighted by Crippen LogP contribution is 2.19. The summed E-state index contributed by atoms with van der Waals surface area (Å²) >= 11 is 0. The van der Waals surface area contributed by atoms with Crippen LogP contribution in [0, 0.1) is 0 Å². The molecule has 0 amide bonds. The Morgan fingerprint density at radius 2 is 2.31 bits per heavy atom. The SMILES string of the molecule is CC(C)Oc1cncc(N2CCC(N)C2)n1. The van der Waals surface area contributed by atoms with E-state index in [0.29, 0.717) is 5.88 Å². The van der Waals surface area contributed by atoms with E-state index in [0.717, 1.165) is 25.3 Å². The van der Waals surface area contributed by atoms with Crippen LogP contribution in [0.25, 0.3) is 0 Å². The molecular weight excluding hydrogens is 204 g/mol.